The molecule has 1 heterocycles. The third kappa shape index (κ3) is 3.00. The van der Waals surface area contributed by atoms with Gasteiger partial charge in [-0.1, -0.05) is 12.1 Å². The Morgan fingerprint density at radius 1 is 1.38 bits per heavy atom. The molecule has 3 unspecified atom stereocenters. The minimum Gasteiger partial charge on any atom is -0.333 e. The zero-order chi connectivity index (χ0) is 14.8. The predicted octanol–water partition coefficient (Wildman–Crippen LogP) is 3.78. The molecule has 1 fully saturated rings. The molecule has 4 heteroatoms. The lowest BCUT2D eigenvalue weighted by atomic mass is 10.0. The first kappa shape index (κ1) is 14.3. The molecule has 1 aliphatic rings. The Morgan fingerprint density at radius 3 is 2.95 bits per heavy atom. The summed E-state index contributed by atoms with van der Waals surface area (Å²) in [4.78, 5) is 4.15. The molecule has 0 spiro atoms. The number of hydrogen-bond acceptors (Lipinski definition) is 2. The maximum absolute atomic E-state index is 13.7. The van der Waals surface area contributed by atoms with Crippen molar-refractivity contribution in [3.63, 3.8) is 0 Å². The Morgan fingerprint density at radius 2 is 2.24 bits per heavy atom. The molecule has 1 aliphatic carbocycles. The highest BCUT2D eigenvalue weighted by atomic mass is 19.1. The Bertz CT molecular complexity index is 594. The number of benzene rings is 1. The van der Waals surface area contributed by atoms with Crippen LogP contribution in [-0.2, 0) is 0 Å². The molecule has 0 saturated heterocycles. The molecule has 0 aliphatic heterocycles. The standard InChI is InChI=1S/C17H22FN3/c1-12-6-7-14(10-15(12)18)13(2)20-16-4-3-5-17(16)21-9-8-19-11-21/h6-11,13,16-17,20H,3-5H2,1-2H3. The highest BCUT2D eigenvalue weighted by Gasteiger charge is 2.29. The van der Waals surface area contributed by atoms with E-state index in [2.05, 4.69) is 21.8 Å². The van der Waals surface area contributed by atoms with Gasteiger partial charge in [-0.15, -0.1) is 0 Å². The van der Waals surface area contributed by atoms with Crippen molar-refractivity contribution in [3.05, 3.63) is 53.9 Å². The number of imidazole rings is 1. The third-order valence-corrected chi connectivity index (χ3v) is 4.55. The van der Waals surface area contributed by atoms with Crippen LogP contribution in [0.15, 0.2) is 36.9 Å². The maximum Gasteiger partial charge on any atom is 0.126 e. The van der Waals surface area contributed by atoms with Crippen LogP contribution in [0.3, 0.4) is 0 Å². The number of halogens is 1. The zero-order valence-corrected chi connectivity index (χ0v) is 12.6. The van der Waals surface area contributed by atoms with Crippen LogP contribution in [0, 0.1) is 12.7 Å². The van der Waals surface area contributed by atoms with Crippen LogP contribution in [0.25, 0.3) is 0 Å². The van der Waals surface area contributed by atoms with Crippen molar-refractivity contribution in [1.82, 2.24) is 14.9 Å². The first-order chi connectivity index (χ1) is 10.1. The molecule has 3 atom stereocenters. The average molecular weight is 287 g/mol. The maximum atomic E-state index is 13.7. The minimum atomic E-state index is -0.126. The van der Waals surface area contributed by atoms with Crippen LogP contribution in [0.2, 0.25) is 0 Å². The smallest absolute Gasteiger partial charge is 0.126 e. The summed E-state index contributed by atoms with van der Waals surface area (Å²) in [6.45, 7) is 3.90. The highest BCUT2D eigenvalue weighted by Crippen LogP contribution is 2.31. The summed E-state index contributed by atoms with van der Waals surface area (Å²) in [6, 6.07) is 6.52. The fourth-order valence-electron chi connectivity index (χ4n) is 3.25. The largest absolute Gasteiger partial charge is 0.333 e. The van der Waals surface area contributed by atoms with E-state index in [1.54, 1.807) is 13.0 Å². The topological polar surface area (TPSA) is 29.9 Å². The van der Waals surface area contributed by atoms with E-state index < -0.39 is 0 Å². The van der Waals surface area contributed by atoms with Gasteiger partial charge >= 0.3 is 0 Å². The number of nitrogens with one attached hydrogen (secondary N) is 1. The van der Waals surface area contributed by atoms with Crippen LogP contribution in [0.5, 0.6) is 0 Å². The van der Waals surface area contributed by atoms with Gasteiger partial charge in [-0.25, -0.2) is 9.37 Å². The van der Waals surface area contributed by atoms with E-state index in [-0.39, 0.29) is 11.9 Å². The van der Waals surface area contributed by atoms with Gasteiger partial charge in [-0.2, -0.15) is 0 Å². The summed E-state index contributed by atoms with van der Waals surface area (Å²) in [5.74, 6) is -0.126. The number of rotatable bonds is 4. The average Bonchev–Trinajstić information content (AvgIpc) is 3.12. The van der Waals surface area contributed by atoms with Crippen molar-refractivity contribution in [2.24, 2.45) is 0 Å². The monoisotopic (exact) mass is 287 g/mol. The summed E-state index contributed by atoms with van der Waals surface area (Å²) in [6.07, 6.45) is 9.29. The van der Waals surface area contributed by atoms with Gasteiger partial charge < -0.3 is 9.88 Å². The molecule has 21 heavy (non-hydrogen) atoms. The highest BCUT2D eigenvalue weighted by molar-refractivity contribution is 5.25. The SMILES string of the molecule is Cc1ccc(C(C)NC2CCCC2n2ccnc2)cc1F. The lowest BCUT2D eigenvalue weighted by Gasteiger charge is -2.26. The summed E-state index contributed by atoms with van der Waals surface area (Å²) in [5.41, 5.74) is 1.71. The van der Waals surface area contributed by atoms with E-state index in [0.29, 0.717) is 17.6 Å². The first-order valence-electron chi connectivity index (χ1n) is 7.64. The predicted molar refractivity (Wildman–Crippen MR) is 81.6 cm³/mol. The number of hydrogen-bond donors (Lipinski definition) is 1. The van der Waals surface area contributed by atoms with Crippen LogP contribution >= 0.6 is 0 Å². The van der Waals surface area contributed by atoms with Crippen molar-refractivity contribution in [2.45, 2.75) is 51.2 Å². The van der Waals surface area contributed by atoms with Gasteiger partial charge in [0, 0.05) is 30.5 Å². The van der Waals surface area contributed by atoms with Gasteiger partial charge in [-0.3, -0.25) is 0 Å². The van der Waals surface area contributed by atoms with E-state index in [9.17, 15) is 4.39 Å². The molecule has 3 rings (SSSR count). The summed E-state index contributed by atoms with van der Waals surface area (Å²) >= 11 is 0. The van der Waals surface area contributed by atoms with Crippen LogP contribution < -0.4 is 5.32 Å². The lowest BCUT2D eigenvalue weighted by Crippen LogP contribution is -2.35. The molecule has 1 aromatic heterocycles. The molecular weight excluding hydrogens is 265 g/mol. The van der Waals surface area contributed by atoms with Gasteiger partial charge in [0.15, 0.2) is 0 Å². The van der Waals surface area contributed by atoms with Gasteiger partial charge in [0.1, 0.15) is 5.82 Å². The van der Waals surface area contributed by atoms with Crippen molar-refractivity contribution in [3.8, 4) is 0 Å². The molecule has 0 radical (unpaired) electrons. The van der Waals surface area contributed by atoms with E-state index in [1.807, 2.05) is 30.9 Å². The van der Waals surface area contributed by atoms with Crippen molar-refractivity contribution >= 4 is 0 Å². The second-order valence-corrected chi connectivity index (χ2v) is 6.01. The quantitative estimate of drug-likeness (QED) is 0.927. The van der Waals surface area contributed by atoms with Crippen LogP contribution in [0.4, 0.5) is 4.39 Å². The van der Waals surface area contributed by atoms with Crippen LogP contribution in [-0.4, -0.2) is 15.6 Å². The molecule has 0 bridgehead atoms. The molecule has 1 aromatic carbocycles. The van der Waals surface area contributed by atoms with Gasteiger partial charge in [0.2, 0.25) is 0 Å². The third-order valence-electron chi connectivity index (χ3n) is 4.55. The second-order valence-electron chi connectivity index (χ2n) is 6.01. The van der Waals surface area contributed by atoms with Gasteiger partial charge in [-0.05, 0) is 50.3 Å². The first-order valence-corrected chi connectivity index (χ1v) is 7.64. The van der Waals surface area contributed by atoms with Crippen molar-refractivity contribution < 1.29 is 4.39 Å². The molecule has 2 aromatic rings. The van der Waals surface area contributed by atoms with Crippen LogP contribution in [0.1, 0.15) is 49.4 Å². The van der Waals surface area contributed by atoms with Crippen molar-refractivity contribution in [1.29, 1.82) is 0 Å². The fourth-order valence-corrected chi connectivity index (χ4v) is 3.25. The Hall–Kier alpha value is -1.68. The van der Waals surface area contributed by atoms with E-state index in [4.69, 9.17) is 0 Å². The molecule has 1 saturated carbocycles. The lowest BCUT2D eigenvalue weighted by molar-refractivity contribution is 0.362. The Balaban J connectivity index is 1.71. The number of nitrogens with zero attached hydrogens (tertiary/aromatic N) is 2. The Labute approximate surface area is 125 Å². The van der Waals surface area contributed by atoms with Crippen molar-refractivity contribution in [2.75, 3.05) is 0 Å². The zero-order valence-electron chi connectivity index (χ0n) is 12.6. The summed E-state index contributed by atoms with van der Waals surface area (Å²) in [5, 5.41) is 3.66. The second kappa shape index (κ2) is 5.98. The summed E-state index contributed by atoms with van der Waals surface area (Å²) < 4.78 is 15.9. The summed E-state index contributed by atoms with van der Waals surface area (Å²) in [7, 11) is 0. The fraction of sp³-hybridized carbons (Fsp3) is 0.471. The van der Waals surface area contributed by atoms with E-state index in [0.717, 1.165) is 12.0 Å². The van der Waals surface area contributed by atoms with Gasteiger partial charge in [0.25, 0.3) is 0 Å². The molecular formula is C17H22FN3. The normalized spacial score (nSPS) is 23.4. The minimum absolute atomic E-state index is 0.126. The molecule has 3 nitrogen and oxygen atoms in total. The molecule has 1 N–H and O–H groups in total. The molecule has 0 amide bonds. The van der Waals surface area contributed by atoms with E-state index >= 15 is 0 Å². The number of aromatic nitrogens is 2. The number of aryl methyl sites for hydroxylation is 1. The van der Waals surface area contributed by atoms with Gasteiger partial charge in [0.05, 0.1) is 6.33 Å². The van der Waals surface area contributed by atoms with E-state index in [1.165, 1.54) is 12.8 Å². The molecule has 112 valence electrons. The Kier molecular flexibility index (Phi) is 4.06.